The molecule has 1 nitrogen and oxygen atoms in total. The van der Waals surface area contributed by atoms with Crippen LogP contribution in [0.25, 0.3) is 0 Å². The highest BCUT2D eigenvalue weighted by Crippen LogP contribution is 2.38. The molecule has 0 aromatic heterocycles. The van der Waals surface area contributed by atoms with Crippen molar-refractivity contribution in [3.8, 4) is 0 Å². The number of alkyl halides is 1. The minimum absolute atomic E-state index is 0.202. The van der Waals surface area contributed by atoms with Crippen molar-refractivity contribution in [2.24, 2.45) is 0 Å². The lowest BCUT2D eigenvalue weighted by Gasteiger charge is -2.37. The van der Waals surface area contributed by atoms with Crippen LogP contribution < -0.4 is 4.48 Å². The fourth-order valence-corrected chi connectivity index (χ4v) is 2.89. The lowest BCUT2D eigenvalue weighted by atomic mass is 10.0. The zero-order chi connectivity index (χ0) is 17.1. The summed E-state index contributed by atoms with van der Waals surface area (Å²) < 4.78 is 68.9. The average Bonchev–Trinajstić information content (AvgIpc) is 2.48. The Hall–Kier alpha value is -1.17. The third kappa shape index (κ3) is 3.26. The normalized spacial score (nSPS) is 18.4. The molecule has 0 spiro atoms. The number of benzene rings is 1. The molecule has 2 rings (SSSR count). The lowest BCUT2D eigenvalue weighted by molar-refractivity contribution is 0.248. The van der Waals surface area contributed by atoms with Crippen LogP contribution >= 0.6 is 0 Å². The van der Waals surface area contributed by atoms with Crippen LogP contribution in [0.2, 0.25) is 0 Å². The topological polar surface area (TPSA) is 0 Å². The largest absolute Gasteiger partial charge is 0.288 e. The highest BCUT2D eigenvalue weighted by molar-refractivity contribution is 5.49. The van der Waals surface area contributed by atoms with E-state index in [2.05, 4.69) is 0 Å². The monoisotopic (exact) mass is 324 g/mol. The van der Waals surface area contributed by atoms with Crippen molar-refractivity contribution in [2.45, 2.75) is 46.2 Å². The van der Waals surface area contributed by atoms with Crippen LogP contribution in [0, 0.1) is 23.3 Å². The molecule has 1 fully saturated rings. The highest BCUT2D eigenvalue weighted by atomic mass is 19.2. The molecule has 6 heteroatoms. The molecule has 126 valence electrons. The highest BCUT2D eigenvalue weighted by Gasteiger charge is 2.39. The Balaban J connectivity index is 0.00000116. The van der Waals surface area contributed by atoms with Crippen molar-refractivity contribution in [3.05, 3.63) is 28.8 Å². The molecule has 0 saturated carbocycles. The smallest absolute Gasteiger partial charge is 0.223 e. The third-order valence-corrected chi connectivity index (χ3v) is 4.02. The molecule has 0 N–H and O–H groups in total. The number of likely N-dealkylation sites (tertiary alicyclic amines) is 1. The van der Waals surface area contributed by atoms with E-state index in [0.29, 0.717) is 13.1 Å². The van der Waals surface area contributed by atoms with E-state index in [1.807, 2.05) is 13.8 Å². The number of hydrogen-bond acceptors (Lipinski definition) is 0. The molecule has 1 unspecified atom stereocenters. The number of halogens is 5. The summed E-state index contributed by atoms with van der Waals surface area (Å²) in [4.78, 5) is 0. The van der Waals surface area contributed by atoms with Gasteiger partial charge in [0.25, 0.3) is 0 Å². The summed E-state index contributed by atoms with van der Waals surface area (Å²) in [5.74, 6) is -6.21. The van der Waals surface area contributed by atoms with E-state index in [-0.39, 0.29) is 4.48 Å². The van der Waals surface area contributed by atoms with E-state index in [1.54, 1.807) is 0 Å². The Labute approximate surface area is 128 Å². The van der Waals surface area contributed by atoms with Gasteiger partial charge < -0.3 is 0 Å². The average molecular weight is 324 g/mol. The summed E-state index contributed by atoms with van der Waals surface area (Å²) in [6, 6.07) is 0. The van der Waals surface area contributed by atoms with E-state index >= 15 is 0 Å². The first-order valence-corrected chi connectivity index (χ1v) is 7.64. The molecule has 0 amide bonds. The number of hydrogen-bond donors (Lipinski definition) is 0. The van der Waals surface area contributed by atoms with Gasteiger partial charge in [-0.25, -0.2) is 13.2 Å². The summed E-state index contributed by atoms with van der Waals surface area (Å²) in [5, 5.41) is 0. The van der Waals surface area contributed by atoms with Gasteiger partial charge in [0.1, 0.15) is 6.17 Å². The Kier molecular flexibility index (Phi) is 6.35. The Morgan fingerprint density at radius 3 is 1.59 bits per heavy atom. The lowest BCUT2D eigenvalue weighted by Crippen LogP contribution is -2.50. The van der Waals surface area contributed by atoms with Crippen LogP contribution in [-0.2, 0) is 0 Å². The Morgan fingerprint density at radius 2 is 1.23 bits per heavy atom. The van der Waals surface area contributed by atoms with Crippen molar-refractivity contribution >= 4 is 5.69 Å². The number of nitrogens with zero attached hydrogens (tertiary/aromatic N) is 1. The predicted molar refractivity (Wildman–Crippen MR) is 78.4 cm³/mol. The molecule has 1 aromatic rings. The molecule has 1 saturated heterocycles. The maximum atomic E-state index is 14.1. The van der Waals surface area contributed by atoms with Gasteiger partial charge in [-0.3, -0.25) is 4.48 Å². The van der Waals surface area contributed by atoms with Crippen LogP contribution in [0.5, 0.6) is 0 Å². The first-order chi connectivity index (χ1) is 10.3. The second-order valence-electron chi connectivity index (χ2n) is 5.54. The van der Waals surface area contributed by atoms with Gasteiger partial charge in [0, 0.05) is 0 Å². The summed E-state index contributed by atoms with van der Waals surface area (Å²) in [6.45, 7) is 5.64. The van der Waals surface area contributed by atoms with E-state index in [4.69, 9.17) is 0 Å². The van der Waals surface area contributed by atoms with Gasteiger partial charge in [-0.05, 0) is 26.2 Å². The van der Waals surface area contributed by atoms with Crippen molar-refractivity contribution < 1.29 is 22.0 Å². The van der Waals surface area contributed by atoms with Crippen molar-refractivity contribution in [1.82, 2.24) is 4.48 Å². The molecule has 0 radical (unpaired) electrons. The molecule has 0 aliphatic carbocycles. The molecule has 0 bridgehead atoms. The molecular formula is C16H23F5N+. The Bertz CT molecular complexity index is 493. The maximum absolute atomic E-state index is 14.1. The van der Waals surface area contributed by atoms with Gasteiger partial charge in [0.15, 0.2) is 11.6 Å². The Morgan fingerprint density at radius 1 is 0.818 bits per heavy atom. The number of quaternary nitrogens is 1. The van der Waals surface area contributed by atoms with Crippen LogP contribution in [0.3, 0.4) is 0 Å². The number of piperidine rings is 1. The van der Waals surface area contributed by atoms with Crippen LogP contribution in [0.1, 0.15) is 51.8 Å². The molecule has 1 aromatic carbocycles. The van der Waals surface area contributed by atoms with Crippen molar-refractivity contribution in [2.75, 3.05) is 20.1 Å². The first-order valence-electron chi connectivity index (χ1n) is 7.64. The molecule has 1 aliphatic rings. The van der Waals surface area contributed by atoms with Crippen molar-refractivity contribution in [3.63, 3.8) is 0 Å². The third-order valence-electron chi connectivity index (χ3n) is 4.02. The quantitative estimate of drug-likeness (QED) is 0.387. The molecule has 1 aliphatic heterocycles. The first kappa shape index (κ1) is 18.9. The summed E-state index contributed by atoms with van der Waals surface area (Å²) in [6.07, 6.45) is 0.251. The predicted octanol–water partition coefficient (Wildman–Crippen LogP) is 5.42. The molecular weight excluding hydrogens is 301 g/mol. The minimum Gasteiger partial charge on any atom is -0.288 e. The summed E-state index contributed by atoms with van der Waals surface area (Å²) in [7, 11) is 1.54. The summed E-state index contributed by atoms with van der Waals surface area (Å²) >= 11 is 0. The van der Waals surface area contributed by atoms with Gasteiger partial charge in [-0.15, -0.1) is 0 Å². The second-order valence-corrected chi connectivity index (χ2v) is 5.54. The van der Waals surface area contributed by atoms with Crippen LogP contribution in [0.15, 0.2) is 0 Å². The van der Waals surface area contributed by atoms with E-state index in [0.717, 1.165) is 26.2 Å². The van der Waals surface area contributed by atoms with Gasteiger partial charge in [-0.2, -0.15) is 8.78 Å². The second kappa shape index (κ2) is 7.40. The summed E-state index contributed by atoms with van der Waals surface area (Å²) in [5.41, 5.74) is -1.81. The van der Waals surface area contributed by atoms with Crippen LogP contribution in [-0.4, -0.2) is 20.1 Å². The minimum atomic E-state index is -2.11. The van der Waals surface area contributed by atoms with E-state index in [9.17, 15) is 22.0 Å². The maximum Gasteiger partial charge on any atom is 0.223 e. The van der Waals surface area contributed by atoms with Crippen LogP contribution in [0.4, 0.5) is 27.6 Å². The number of rotatable bonds is 2. The van der Waals surface area contributed by atoms with Gasteiger partial charge in [-0.1, -0.05) is 13.8 Å². The zero-order valence-electron chi connectivity index (χ0n) is 13.4. The van der Waals surface area contributed by atoms with Gasteiger partial charge >= 0.3 is 0 Å². The fourth-order valence-electron chi connectivity index (χ4n) is 2.89. The zero-order valence-corrected chi connectivity index (χ0v) is 13.4. The molecule has 1 heterocycles. The van der Waals surface area contributed by atoms with E-state index in [1.165, 1.54) is 7.05 Å². The van der Waals surface area contributed by atoms with Gasteiger partial charge in [0.2, 0.25) is 17.3 Å². The standard InChI is InChI=1S/C14H17F5N.C2H6/c1-8(15)9-10(16)12(18)14(13(19)11(9)17)20(2)6-4-3-5-7-20;1-2/h8H,3-7H2,1-2H3;1-2H3/q+1;. The molecule has 1 atom stereocenters. The molecule has 22 heavy (non-hydrogen) atoms. The van der Waals surface area contributed by atoms with Gasteiger partial charge in [0.05, 0.1) is 25.7 Å². The SMILES string of the molecule is CC.CC(F)c1c(F)c(F)c([N+]2(C)CCCCC2)c(F)c1F. The van der Waals surface area contributed by atoms with Crippen molar-refractivity contribution in [1.29, 1.82) is 0 Å². The van der Waals surface area contributed by atoms with E-state index < -0.39 is 40.7 Å². The fraction of sp³-hybridized carbons (Fsp3) is 0.625.